The van der Waals surface area contributed by atoms with Gasteiger partial charge in [-0.3, -0.25) is 0 Å². The van der Waals surface area contributed by atoms with Gasteiger partial charge in [0.2, 0.25) is 0 Å². The molecule has 1 unspecified atom stereocenters. The largest absolute Gasteiger partial charge is 0.122 e. The second-order valence-electron chi connectivity index (χ2n) is 7.11. The maximum absolute atomic E-state index is 6.69. The normalized spacial score (nSPS) is 21.5. The quantitative estimate of drug-likeness (QED) is 0.243. The fourth-order valence-electron chi connectivity index (χ4n) is 3.90. The predicted octanol–water partition coefficient (Wildman–Crippen LogP) is 7.51. The minimum Gasteiger partial charge on any atom is -0.122 e. The molecule has 0 heterocycles. The molecule has 0 bridgehead atoms. The lowest BCUT2D eigenvalue weighted by atomic mass is 9.96. The molecule has 1 atom stereocenters. The third-order valence-electron chi connectivity index (χ3n) is 5.44. The molecule has 1 aliphatic carbocycles. The molecule has 0 radical (unpaired) electrons. The number of rotatable bonds is 12. The van der Waals surface area contributed by atoms with Crippen molar-refractivity contribution in [3.63, 3.8) is 0 Å². The Labute approximate surface area is 155 Å². The summed E-state index contributed by atoms with van der Waals surface area (Å²) in [6, 6.07) is 0. The summed E-state index contributed by atoms with van der Waals surface area (Å²) in [6.07, 6.45) is 20.2. The predicted molar refractivity (Wildman–Crippen MR) is 112 cm³/mol. The Kier molecular flexibility index (Phi) is 10.5. The lowest BCUT2D eigenvalue weighted by molar-refractivity contribution is 0.713. The lowest BCUT2D eigenvalue weighted by Crippen LogP contribution is -2.38. The fraction of sp³-hybridized carbons (Fsp3) is 0.800. The van der Waals surface area contributed by atoms with Gasteiger partial charge in [0.25, 0.3) is 0 Å². The molecule has 134 valence electrons. The average Bonchev–Trinajstić information content (AvgIpc) is 2.61. The molecule has 0 N–H and O–H groups in total. The molecule has 0 nitrogen and oxygen atoms in total. The monoisotopic (exact) mass is 377 g/mol. The topological polar surface area (TPSA) is 0 Å². The van der Waals surface area contributed by atoms with Crippen molar-refractivity contribution in [2.24, 2.45) is 0 Å². The Hall–Kier alpha value is 0.490. The number of halogens is 2. The molecule has 0 aliphatic heterocycles. The summed E-state index contributed by atoms with van der Waals surface area (Å²) in [6.45, 7) is 6.97. The van der Waals surface area contributed by atoms with Crippen LogP contribution in [0.1, 0.15) is 65.7 Å². The van der Waals surface area contributed by atoms with E-state index in [1.807, 2.05) is 0 Å². The summed E-state index contributed by atoms with van der Waals surface area (Å²) < 4.78 is 0. The number of hydrogen-bond donors (Lipinski definition) is 0. The van der Waals surface area contributed by atoms with E-state index < -0.39 is 7.26 Å². The van der Waals surface area contributed by atoms with Crippen molar-refractivity contribution in [2.45, 2.75) is 70.9 Å². The number of hydrogen-bond acceptors (Lipinski definition) is 0. The van der Waals surface area contributed by atoms with E-state index in [4.69, 9.17) is 23.2 Å². The van der Waals surface area contributed by atoms with E-state index in [0.717, 1.165) is 12.3 Å². The van der Waals surface area contributed by atoms with Gasteiger partial charge in [-0.25, -0.2) is 0 Å². The van der Waals surface area contributed by atoms with Gasteiger partial charge in [0, 0.05) is 19.6 Å². The summed E-state index contributed by atoms with van der Waals surface area (Å²) in [5.41, 5.74) is 1.38. The zero-order chi connectivity index (χ0) is 17.2. The summed E-state index contributed by atoms with van der Waals surface area (Å²) in [4.78, 5) is 0. The first-order chi connectivity index (χ1) is 11.1. The van der Waals surface area contributed by atoms with E-state index in [0.29, 0.717) is 5.88 Å². The summed E-state index contributed by atoms with van der Waals surface area (Å²) in [5.74, 6) is 1.42. The van der Waals surface area contributed by atoms with E-state index >= 15 is 0 Å². The van der Waals surface area contributed by atoms with Crippen LogP contribution in [0.5, 0.6) is 0 Å². The van der Waals surface area contributed by atoms with Crippen molar-refractivity contribution in [1.82, 2.24) is 0 Å². The van der Waals surface area contributed by atoms with Crippen LogP contribution in [-0.4, -0.2) is 35.4 Å². The second kappa shape index (κ2) is 11.2. The zero-order valence-electron chi connectivity index (χ0n) is 15.4. The van der Waals surface area contributed by atoms with Crippen LogP contribution in [0.2, 0.25) is 0 Å². The van der Waals surface area contributed by atoms with Gasteiger partial charge in [-0.05, 0) is 25.3 Å². The molecule has 0 aromatic heterocycles. The van der Waals surface area contributed by atoms with Crippen LogP contribution in [0, 0.1) is 0 Å². The third kappa shape index (κ3) is 5.49. The Bertz CT molecular complexity index is 367. The highest BCUT2D eigenvalue weighted by Crippen LogP contribution is 2.73. The van der Waals surface area contributed by atoms with E-state index in [1.165, 1.54) is 62.6 Å². The molecule has 0 amide bonds. The first-order valence-electron chi connectivity index (χ1n) is 9.49. The molecule has 1 rings (SSSR count). The Morgan fingerprint density at radius 3 is 1.87 bits per heavy atom. The van der Waals surface area contributed by atoms with Crippen molar-refractivity contribution in [3.8, 4) is 0 Å². The van der Waals surface area contributed by atoms with Gasteiger partial charge < -0.3 is 0 Å². The number of allylic oxidation sites excluding steroid dienone is 4. The van der Waals surface area contributed by atoms with Crippen LogP contribution < -0.4 is 0 Å². The molecular weight excluding hydrogens is 342 g/mol. The van der Waals surface area contributed by atoms with Crippen LogP contribution in [0.4, 0.5) is 0 Å². The molecule has 0 spiro atoms. The minimum atomic E-state index is -1.12. The molecule has 0 fully saturated rings. The molecule has 0 saturated carbocycles. The van der Waals surface area contributed by atoms with Gasteiger partial charge >= 0.3 is 0 Å². The lowest BCUT2D eigenvalue weighted by Gasteiger charge is -2.44. The fourth-order valence-corrected chi connectivity index (χ4v) is 11.0. The molecule has 0 aromatic carbocycles. The molecule has 1 aliphatic rings. The van der Waals surface area contributed by atoms with Crippen molar-refractivity contribution in [2.75, 3.05) is 30.2 Å². The maximum Gasteiger partial charge on any atom is 0.115 e. The van der Waals surface area contributed by atoms with Gasteiger partial charge in [-0.1, -0.05) is 57.8 Å². The van der Waals surface area contributed by atoms with Gasteiger partial charge in [0.1, 0.15) is 5.16 Å². The Morgan fingerprint density at radius 1 is 0.957 bits per heavy atom. The second-order valence-corrected chi connectivity index (χ2v) is 12.2. The van der Waals surface area contributed by atoms with Crippen molar-refractivity contribution in [1.29, 1.82) is 0 Å². The summed E-state index contributed by atoms with van der Waals surface area (Å²) in [5, 5.41) is 0.201. The van der Waals surface area contributed by atoms with Crippen molar-refractivity contribution in [3.05, 3.63) is 23.8 Å². The van der Waals surface area contributed by atoms with E-state index in [-0.39, 0.29) is 5.16 Å². The molecule has 23 heavy (non-hydrogen) atoms. The standard InChI is InChI=1S/C20H36Cl2P/c1-4-7-13-23(14-8-5-2,15-9-6-3)20(18-22)12-10-11-19(16-20)17-21/h10-12H,4-9,13-18H2,1-3H3/q+1. The van der Waals surface area contributed by atoms with Crippen molar-refractivity contribution < 1.29 is 0 Å². The van der Waals surface area contributed by atoms with Gasteiger partial charge in [-0.2, -0.15) is 0 Å². The van der Waals surface area contributed by atoms with Crippen LogP contribution >= 0.6 is 30.5 Å². The van der Waals surface area contributed by atoms with Gasteiger partial charge in [-0.15, -0.1) is 23.2 Å². The Balaban J connectivity index is 3.19. The highest BCUT2D eigenvalue weighted by atomic mass is 35.5. The highest BCUT2D eigenvalue weighted by Gasteiger charge is 2.54. The van der Waals surface area contributed by atoms with E-state index in [9.17, 15) is 0 Å². The molecule has 0 saturated heterocycles. The third-order valence-corrected chi connectivity index (χ3v) is 12.3. The maximum atomic E-state index is 6.69. The van der Waals surface area contributed by atoms with E-state index in [1.54, 1.807) is 0 Å². The van der Waals surface area contributed by atoms with Crippen LogP contribution in [-0.2, 0) is 0 Å². The zero-order valence-corrected chi connectivity index (χ0v) is 17.8. The first kappa shape index (κ1) is 21.5. The van der Waals surface area contributed by atoms with Crippen molar-refractivity contribution >= 4 is 30.5 Å². The average molecular weight is 378 g/mol. The Morgan fingerprint density at radius 2 is 1.48 bits per heavy atom. The van der Waals surface area contributed by atoms with Crippen LogP contribution in [0.3, 0.4) is 0 Å². The van der Waals surface area contributed by atoms with Gasteiger partial charge in [0.05, 0.1) is 24.4 Å². The van der Waals surface area contributed by atoms with Gasteiger partial charge in [0.15, 0.2) is 0 Å². The highest BCUT2D eigenvalue weighted by molar-refractivity contribution is 7.77. The summed E-state index contributed by atoms with van der Waals surface area (Å²) in [7, 11) is -1.12. The first-order valence-corrected chi connectivity index (χ1v) is 12.9. The SMILES string of the molecule is CCCC[P+](CCCC)(CCCC)C1(CCl)C=CC=C(CCl)C1. The minimum absolute atomic E-state index is 0.201. The number of alkyl halides is 2. The van der Waals surface area contributed by atoms with Crippen LogP contribution in [0.25, 0.3) is 0 Å². The molecular formula is C20H36Cl2P+. The molecule has 0 aromatic rings. The molecule has 3 heteroatoms. The number of unbranched alkanes of at least 4 members (excludes halogenated alkanes) is 3. The smallest absolute Gasteiger partial charge is 0.115 e. The summed E-state index contributed by atoms with van der Waals surface area (Å²) >= 11 is 12.9. The van der Waals surface area contributed by atoms with E-state index in [2.05, 4.69) is 39.0 Å². The van der Waals surface area contributed by atoms with Crippen LogP contribution in [0.15, 0.2) is 23.8 Å².